The molecule has 1 N–H and O–H groups in total. The molecule has 1 rings (SSSR count). The summed E-state index contributed by atoms with van der Waals surface area (Å²) in [6, 6.07) is 4.30. The van der Waals surface area contributed by atoms with Crippen LogP contribution in [0.3, 0.4) is 0 Å². The zero-order chi connectivity index (χ0) is 13.9. The quantitative estimate of drug-likeness (QED) is 0.298. The highest BCUT2D eigenvalue weighted by Crippen LogP contribution is 2.09. The highest BCUT2D eigenvalue weighted by atomic mass is 127. The summed E-state index contributed by atoms with van der Waals surface area (Å²) in [6.45, 7) is 2.02. The van der Waals surface area contributed by atoms with E-state index >= 15 is 0 Å². The normalized spacial score (nSPS) is 11.1. The molecule has 0 spiro atoms. The molecule has 0 amide bonds. The van der Waals surface area contributed by atoms with Crippen LogP contribution in [0.1, 0.15) is 17.7 Å². The smallest absolute Gasteiger partial charge is 0.193 e. The van der Waals surface area contributed by atoms with Gasteiger partial charge < -0.3 is 10.2 Å². The van der Waals surface area contributed by atoms with Crippen LogP contribution in [0, 0.1) is 0 Å². The predicted octanol–water partition coefficient (Wildman–Crippen LogP) is 3.56. The molecule has 0 fully saturated rings. The molecule has 0 bridgehead atoms. The van der Waals surface area contributed by atoms with E-state index in [1.54, 1.807) is 0 Å². The van der Waals surface area contributed by atoms with Crippen LogP contribution in [0.2, 0.25) is 0 Å². The average molecular weight is 427 g/mol. The molecule has 1 heterocycles. The Balaban J connectivity index is 0.00000361. The number of aliphatic imine (C=N–C) groups is 1. The van der Waals surface area contributed by atoms with Crippen LogP contribution in [0.25, 0.3) is 0 Å². The van der Waals surface area contributed by atoms with E-state index in [2.05, 4.69) is 46.0 Å². The Hall–Kier alpha value is 0.0500. The van der Waals surface area contributed by atoms with Crippen LogP contribution in [-0.2, 0) is 6.42 Å². The van der Waals surface area contributed by atoms with Crippen molar-refractivity contribution in [2.75, 3.05) is 39.2 Å². The van der Waals surface area contributed by atoms with Crippen LogP contribution in [-0.4, -0.2) is 50.1 Å². The van der Waals surface area contributed by atoms with Gasteiger partial charge in [-0.15, -0.1) is 35.3 Å². The fourth-order valence-electron chi connectivity index (χ4n) is 1.79. The lowest BCUT2D eigenvalue weighted by Gasteiger charge is -2.21. The summed E-state index contributed by atoms with van der Waals surface area (Å²) >= 11 is 3.73. The van der Waals surface area contributed by atoms with Crippen molar-refractivity contribution < 1.29 is 0 Å². The molecule has 0 aliphatic carbocycles. The highest BCUT2D eigenvalue weighted by Gasteiger charge is 2.05. The van der Waals surface area contributed by atoms with Crippen molar-refractivity contribution in [2.45, 2.75) is 19.3 Å². The highest BCUT2D eigenvalue weighted by molar-refractivity contribution is 14.0. The minimum absolute atomic E-state index is 0. The summed E-state index contributed by atoms with van der Waals surface area (Å²) < 4.78 is 0. The van der Waals surface area contributed by atoms with Crippen LogP contribution < -0.4 is 5.32 Å². The third-order valence-electron chi connectivity index (χ3n) is 2.91. The molecular weight excluding hydrogens is 401 g/mol. The molecule has 0 aliphatic heterocycles. The zero-order valence-electron chi connectivity index (χ0n) is 12.6. The Bertz CT molecular complexity index is 355. The summed E-state index contributed by atoms with van der Waals surface area (Å²) in [5, 5.41) is 5.56. The van der Waals surface area contributed by atoms with E-state index in [1.807, 2.05) is 30.1 Å². The molecule has 0 saturated heterocycles. The van der Waals surface area contributed by atoms with Crippen LogP contribution in [0.15, 0.2) is 22.5 Å². The van der Waals surface area contributed by atoms with Gasteiger partial charge in [0.1, 0.15) is 0 Å². The Labute approximate surface area is 148 Å². The van der Waals surface area contributed by atoms with Crippen LogP contribution in [0.4, 0.5) is 0 Å². The van der Waals surface area contributed by atoms with E-state index in [0.29, 0.717) is 0 Å². The third kappa shape index (κ3) is 8.36. The largest absolute Gasteiger partial charge is 0.356 e. The number of guanidine groups is 1. The number of halogens is 1. The monoisotopic (exact) mass is 427 g/mol. The van der Waals surface area contributed by atoms with Crippen molar-refractivity contribution in [1.82, 2.24) is 10.2 Å². The van der Waals surface area contributed by atoms with Crippen LogP contribution >= 0.6 is 47.1 Å². The van der Waals surface area contributed by atoms with Gasteiger partial charge in [-0.05, 0) is 42.7 Å². The van der Waals surface area contributed by atoms with E-state index < -0.39 is 0 Å². The molecular formula is C14H26IN3S2. The number of nitrogens with one attached hydrogen (secondary N) is 1. The molecule has 0 radical (unpaired) electrons. The van der Waals surface area contributed by atoms with Crippen LogP contribution in [0.5, 0.6) is 0 Å². The average Bonchev–Trinajstić information content (AvgIpc) is 2.93. The van der Waals surface area contributed by atoms with Gasteiger partial charge in [0.2, 0.25) is 0 Å². The van der Waals surface area contributed by atoms with Crippen molar-refractivity contribution >= 4 is 53.0 Å². The summed E-state index contributed by atoms with van der Waals surface area (Å²) in [5.41, 5.74) is 0. The topological polar surface area (TPSA) is 27.6 Å². The number of unbranched alkanes of at least 4 members (excludes halogenated alkanes) is 1. The zero-order valence-corrected chi connectivity index (χ0v) is 16.6. The van der Waals surface area contributed by atoms with Gasteiger partial charge >= 0.3 is 0 Å². The van der Waals surface area contributed by atoms with Crippen molar-refractivity contribution in [3.63, 3.8) is 0 Å². The van der Waals surface area contributed by atoms with Crippen molar-refractivity contribution in [3.8, 4) is 0 Å². The van der Waals surface area contributed by atoms with E-state index in [4.69, 9.17) is 0 Å². The fraction of sp³-hybridized carbons (Fsp3) is 0.643. The Morgan fingerprint density at radius 1 is 1.45 bits per heavy atom. The molecule has 6 heteroatoms. The first-order valence-corrected chi connectivity index (χ1v) is 8.98. The Morgan fingerprint density at radius 2 is 2.25 bits per heavy atom. The number of thiophene rings is 1. The molecule has 0 atom stereocenters. The molecule has 0 unspecified atom stereocenters. The lowest BCUT2D eigenvalue weighted by molar-refractivity contribution is 0.485. The molecule has 1 aromatic heterocycles. The summed E-state index contributed by atoms with van der Waals surface area (Å²) in [4.78, 5) is 7.97. The molecule has 0 aliphatic rings. The van der Waals surface area contributed by atoms with Gasteiger partial charge in [0.15, 0.2) is 5.96 Å². The molecule has 3 nitrogen and oxygen atoms in total. The second-order valence-corrected chi connectivity index (χ2v) is 6.44. The van der Waals surface area contributed by atoms with Crippen molar-refractivity contribution in [1.29, 1.82) is 0 Å². The molecule has 20 heavy (non-hydrogen) atoms. The Morgan fingerprint density at radius 3 is 2.85 bits per heavy atom. The SMILES string of the molecule is CN=C(NCCCCSC)N(C)CCc1cccs1.I. The first-order chi connectivity index (χ1) is 9.27. The van der Waals surface area contributed by atoms with Gasteiger partial charge in [0.05, 0.1) is 0 Å². The standard InChI is InChI=1S/C14H25N3S2.HI/c1-15-14(16-9-4-5-11-18-3)17(2)10-8-13-7-6-12-19-13;/h6-7,12H,4-5,8-11H2,1-3H3,(H,15,16);1H. The minimum Gasteiger partial charge on any atom is -0.356 e. The van der Waals surface area contributed by atoms with Gasteiger partial charge in [0, 0.05) is 32.1 Å². The summed E-state index contributed by atoms with van der Waals surface area (Å²) in [5.74, 6) is 2.25. The number of hydrogen-bond donors (Lipinski definition) is 1. The summed E-state index contributed by atoms with van der Waals surface area (Å²) in [7, 11) is 3.96. The van der Waals surface area contributed by atoms with Gasteiger partial charge in [-0.3, -0.25) is 4.99 Å². The molecule has 1 aromatic rings. The first kappa shape index (κ1) is 20.1. The number of nitrogens with zero attached hydrogens (tertiary/aromatic N) is 2. The molecule has 0 saturated carbocycles. The minimum atomic E-state index is 0. The summed E-state index contributed by atoms with van der Waals surface area (Å²) in [6.07, 6.45) is 5.72. The van der Waals surface area contributed by atoms with E-state index in [-0.39, 0.29) is 24.0 Å². The van der Waals surface area contributed by atoms with E-state index in [9.17, 15) is 0 Å². The second-order valence-electron chi connectivity index (χ2n) is 4.42. The maximum Gasteiger partial charge on any atom is 0.193 e. The number of hydrogen-bond acceptors (Lipinski definition) is 3. The maximum atomic E-state index is 4.34. The number of rotatable bonds is 8. The number of likely N-dealkylation sites (N-methyl/N-ethyl adjacent to an activating group) is 1. The maximum absolute atomic E-state index is 4.34. The molecule has 116 valence electrons. The van der Waals surface area contributed by atoms with Crippen molar-refractivity contribution in [3.05, 3.63) is 22.4 Å². The second kappa shape index (κ2) is 12.8. The van der Waals surface area contributed by atoms with Gasteiger partial charge in [-0.2, -0.15) is 11.8 Å². The fourth-order valence-corrected chi connectivity index (χ4v) is 2.99. The van der Waals surface area contributed by atoms with E-state index in [1.165, 1.54) is 23.5 Å². The molecule has 0 aromatic carbocycles. The predicted molar refractivity (Wildman–Crippen MR) is 105 cm³/mol. The first-order valence-electron chi connectivity index (χ1n) is 6.71. The van der Waals surface area contributed by atoms with Crippen molar-refractivity contribution in [2.24, 2.45) is 4.99 Å². The third-order valence-corrected chi connectivity index (χ3v) is 4.54. The van der Waals surface area contributed by atoms with Gasteiger partial charge in [-0.1, -0.05) is 6.07 Å². The lowest BCUT2D eigenvalue weighted by Crippen LogP contribution is -2.40. The Kier molecular flexibility index (Phi) is 12.8. The lowest BCUT2D eigenvalue weighted by atomic mass is 10.3. The number of thioether (sulfide) groups is 1. The van der Waals surface area contributed by atoms with Gasteiger partial charge in [0.25, 0.3) is 0 Å². The van der Waals surface area contributed by atoms with E-state index in [0.717, 1.165) is 25.5 Å². The van der Waals surface area contributed by atoms with Gasteiger partial charge in [-0.25, -0.2) is 0 Å².